The Bertz CT molecular complexity index is 477. The molecular formula is C12H11NO3. The van der Waals surface area contributed by atoms with Gasteiger partial charge >= 0.3 is 0 Å². The Morgan fingerprint density at radius 1 is 1.19 bits per heavy atom. The van der Waals surface area contributed by atoms with Crippen LogP contribution in [0.25, 0.3) is 5.57 Å². The van der Waals surface area contributed by atoms with E-state index in [4.69, 9.17) is 0 Å². The summed E-state index contributed by atoms with van der Waals surface area (Å²) in [4.78, 5) is 21.7. The molecule has 2 rings (SSSR count). The molecule has 1 aliphatic rings. The van der Waals surface area contributed by atoms with Crippen LogP contribution in [0.3, 0.4) is 0 Å². The second kappa shape index (κ2) is 4.26. The molecule has 1 aromatic carbocycles. The maximum atomic E-state index is 11.3. The summed E-state index contributed by atoms with van der Waals surface area (Å²) in [5.41, 5.74) is 1.42. The van der Waals surface area contributed by atoms with Crippen molar-refractivity contribution in [1.29, 1.82) is 0 Å². The molecule has 1 aromatic rings. The molecule has 0 atom stereocenters. The number of carbonyl (C=O) groups excluding carboxylic acids is 1. The van der Waals surface area contributed by atoms with E-state index in [1.54, 1.807) is 18.2 Å². The average Bonchev–Trinajstić information content (AvgIpc) is 2.29. The van der Waals surface area contributed by atoms with Crippen molar-refractivity contribution in [2.45, 2.75) is 19.3 Å². The van der Waals surface area contributed by atoms with Crippen molar-refractivity contribution in [1.82, 2.24) is 0 Å². The normalized spacial score (nSPS) is 15.8. The first-order chi connectivity index (χ1) is 7.68. The lowest BCUT2D eigenvalue weighted by Crippen LogP contribution is -2.03. The Morgan fingerprint density at radius 2 is 1.94 bits per heavy atom. The maximum Gasteiger partial charge on any atom is 0.276 e. The smallest absolute Gasteiger partial charge is 0.276 e. The van der Waals surface area contributed by atoms with E-state index < -0.39 is 4.92 Å². The predicted octanol–water partition coefficient (Wildman–Crippen LogP) is 2.73. The van der Waals surface area contributed by atoms with Crippen LogP contribution in [0.1, 0.15) is 24.8 Å². The molecule has 0 fully saturated rings. The zero-order valence-corrected chi connectivity index (χ0v) is 8.68. The van der Waals surface area contributed by atoms with E-state index >= 15 is 0 Å². The number of benzene rings is 1. The summed E-state index contributed by atoms with van der Waals surface area (Å²) < 4.78 is 0. The molecule has 0 radical (unpaired) electrons. The molecule has 16 heavy (non-hydrogen) atoms. The van der Waals surface area contributed by atoms with Crippen molar-refractivity contribution in [3.05, 3.63) is 46.0 Å². The minimum absolute atomic E-state index is 0.0550. The highest BCUT2D eigenvalue weighted by Crippen LogP contribution is 2.31. The monoisotopic (exact) mass is 217 g/mol. The van der Waals surface area contributed by atoms with Gasteiger partial charge in [-0.2, -0.15) is 0 Å². The molecule has 4 heteroatoms. The van der Waals surface area contributed by atoms with Gasteiger partial charge in [-0.3, -0.25) is 14.9 Å². The fourth-order valence-corrected chi connectivity index (χ4v) is 1.91. The predicted molar refractivity (Wildman–Crippen MR) is 59.9 cm³/mol. The first kappa shape index (κ1) is 10.5. The molecule has 0 heterocycles. The summed E-state index contributed by atoms with van der Waals surface area (Å²) in [5.74, 6) is 0.0550. The van der Waals surface area contributed by atoms with Crippen LogP contribution in [-0.4, -0.2) is 10.7 Å². The van der Waals surface area contributed by atoms with Crippen molar-refractivity contribution < 1.29 is 9.72 Å². The topological polar surface area (TPSA) is 60.2 Å². The molecular weight excluding hydrogens is 206 g/mol. The molecule has 0 bridgehead atoms. The van der Waals surface area contributed by atoms with Gasteiger partial charge in [-0.05, 0) is 30.6 Å². The molecule has 0 aliphatic heterocycles. The highest BCUT2D eigenvalue weighted by Gasteiger charge is 2.19. The zero-order valence-electron chi connectivity index (χ0n) is 8.68. The molecule has 0 unspecified atom stereocenters. The highest BCUT2D eigenvalue weighted by atomic mass is 16.6. The van der Waals surface area contributed by atoms with Crippen LogP contribution in [0.15, 0.2) is 30.3 Å². The van der Waals surface area contributed by atoms with E-state index in [0.29, 0.717) is 12.0 Å². The molecule has 4 nitrogen and oxygen atoms in total. The number of nitrogens with zero attached hydrogens (tertiary/aromatic N) is 1. The van der Waals surface area contributed by atoms with Gasteiger partial charge in [-0.1, -0.05) is 12.1 Å². The van der Waals surface area contributed by atoms with E-state index in [9.17, 15) is 14.9 Å². The first-order valence-corrected chi connectivity index (χ1v) is 5.15. The highest BCUT2D eigenvalue weighted by molar-refractivity contribution is 5.99. The molecule has 82 valence electrons. The molecule has 1 aliphatic carbocycles. The lowest BCUT2D eigenvalue weighted by Gasteiger charge is -2.11. The quantitative estimate of drug-likeness (QED) is 0.565. The number of rotatable bonds is 2. The van der Waals surface area contributed by atoms with Gasteiger partial charge in [0.25, 0.3) is 5.69 Å². The SMILES string of the molecule is O=C1C=C(c2ccccc2[N+](=O)[O-])CCC1. The summed E-state index contributed by atoms with van der Waals surface area (Å²) in [6, 6.07) is 6.55. The number of hydrogen-bond acceptors (Lipinski definition) is 3. The Hall–Kier alpha value is -1.97. The van der Waals surface area contributed by atoms with Crippen LogP contribution in [0.4, 0.5) is 5.69 Å². The second-order valence-corrected chi connectivity index (χ2v) is 3.76. The van der Waals surface area contributed by atoms with E-state index in [2.05, 4.69) is 0 Å². The molecule has 0 saturated carbocycles. The third-order valence-electron chi connectivity index (χ3n) is 2.65. The fourth-order valence-electron chi connectivity index (χ4n) is 1.91. The van der Waals surface area contributed by atoms with Crippen LogP contribution in [0, 0.1) is 10.1 Å². The minimum atomic E-state index is -0.407. The van der Waals surface area contributed by atoms with Crippen LogP contribution < -0.4 is 0 Å². The summed E-state index contributed by atoms with van der Waals surface area (Å²) in [6.07, 6.45) is 3.59. The van der Waals surface area contributed by atoms with E-state index in [0.717, 1.165) is 18.4 Å². The van der Waals surface area contributed by atoms with Gasteiger partial charge in [-0.15, -0.1) is 0 Å². The van der Waals surface area contributed by atoms with Crippen LogP contribution in [0.5, 0.6) is 0 Å². The minimum Gasteiger partial charge on any atom is -0.295 e. The van der Waals surface area contributed by atoms with E-state index in [1.807, 2.05) is 0 Å². The number of ketones is 1. The molecule has 0 aromatic heterocycles. The number of hydrogen-bond donors (Lipinski definition) is 0. The van der Waals surface area contributed by atoms with Crippen LogP contribution >= 0.6 is 0 Å². The van der Waals surface area contributed by atoms with Crippen LogP contribution in [0.2, 0.25) is 0 Å². The molecule has 0 saturated heterocycles. The summed E-state index contributed by atoms with van der Waals surface area (Å²) in [7, 11) is 0. The van der Waals surface area contributed by atoms with Crippen molar-refractivity contribution in [3.8, 4) is 0 Å². The van der Waals surface area contributed by atoms with Gasteiger partial charge in [-0.25, -0.2) is 0 Å². The standard InChI is InChI=1S/C12H11NO3/c14-10-5-3-4-9(8-10)11-6-1-2-7-12(11)13(15)16/h1-2,6-8H,3-5H2. The van der Waals surface area contributed by atoms with Gasteiger partial charge in [0.15, 0.2) is 5.78 Å². The Kier molecular flexibility index (Phi) is 2.81. The average molecular weight is 217 g/mol. The Balaban J connectivity index is 2.47. The van der Waals surface area contributed by atoms with Gasteiger partial charge in [0.05, 0.1) is 10.5 Å². The summed E-state index contributed by atoms with van der Waals surface area (Å²) in [5, 5.41) is 10.8. The number of carbonyl (C=O) groups is 1. The Labute approximate surface area is 92.7 Å². The lowest BCUT2D eigenvalue weighted by molar-refractivity contribution is -0.385. The molecule has 0 N–H and O–H groups in total. The van der Waals surface area contributed by atoms with Crippen LogP contribution in [-0.2, 0) is 4.79 Å². The zero-order chi connectivity index (χ0) is 11.5. The first-order valence-electron chi connectivity index (χ1n) is 5.15. The lowest BCUT2D eigenvalue weighted by atomic mass is 9.92. The number of para-hydroxylation sites is 1. The second-order valence-electron chi connectivity index (χ2n) is 3.76. The third-order valence-corrected chi connectivity index (χ3v) is 2.65. The molecule has 0 amide bonds. The van der Waals surface area contributed by atoms with Crippen molar-refractivity contribution in [2.24, 2.45) is 0 Å². The molecule has 0 spiro atoms. The largest absolute Gasteiger partial charge is 0.295 e. The van der Waals surface area contributed by atoms with Crippen molar-refractivity contribution in [3.63, 3.8) is 0 Å². The number of nitro groups is 1. The van der Waals surface area contributed by atoms with Crippen molar-refractivity contribution in [2.75, 3.05) is 0 Å². The Morgan fingerprint density at radius 3 is 2.62 bits per heavy atom. The van der Waals surface area contributed by atoms with Gasteiger partial charge in [0.1, 0.15) is 0 Å². The summed E-state index contributed by atoms with van der Waals surface area (Å²) in [6.45, 7) is 0. The number of nitro benzene ring substituents is 1. The van der Waals surface area contributed by atoms with E-state index in [1.165, 1.54) is 12.1 Å². The van der Waals surface area contributed by atoms with E-state index in [-0.39, 0.29) is 11.5 Å². The maximum absolute atomic E-state index is 11.3. The number of allylic oxidation sites excluding steroid dienone is 2. The van der Waals surface area contributed by atoms with Gasteiger partial charge < -0.3 is 0 Å². The van der Waals surface area contributed by atoms with Gasteiger partial charge in [0, 0.05) is 12.5 Å². The van der Waals surface area contributed by atoms with Crippen molar-refractivity contribution >= 4 is 17.0 Å². The van der Waals surface area contributed by atoms with Gasteiger partial charge in [0.2, 0.25) is 0 Å². The summed E-state index contributed by atoms with van der Waals surface area (Å²) >= 11 is 0. The fraction of sp³-hybridized carbons (Fsp3) is 0.250. The third kappa shape index (κ3) is 2.00.